The van der Waals surface area contributed by atoms with Crippen LogP contribution in [-0.2, 0) is 14.3 Å². The Hall–Kier alpha value is -4.21. The van der Waals surface area contributed by atoms with E-state index in [4.69, 9.17) is 9.47 Å². The molecule has 0 bridgehead atoms. The number of esters is 1. The van der Waals surface area contributed by atoms with E-state index in [0.29, 0.717) is 13.2 Å². The molecule has 3 aromatic rings. The first kappa shape index (κ1) is 23.5. The molecule has 0 unspecified atom stereocenters. The van der Waals surface area contributed by atoms with Gasteiger partial charge in [0, 0.05) is 11.8 Å². The lowest BCUT2D eigenvalue weighted by Gasteiger charge is -2.49. The van der Waals surface area contributed by atoms with Gasteiger partial charge < -0.3 is 14.6 Å². The van der Waals surface area contributed by atoms with Crippen LogP contribution in [0.2, 0.25) is 0 Å². The summed E-state index contributed by atoms with van der Waals surface area (Å²) in [4.78, 5) is 26.1. The summed E-state index contributed by atoms with van der Waals surface area (Å²) in [5, 5.41) is 19.8. The third kappa shape index (κ3) is 4.41. The van der Waals surface area contributed by atoms with Crippen molar-refractivity contribution in [2.75, 3.05) is 13.2 Å². The average Bonchev–Trinajstić information content (AvgIpc) is 2.89. The van der Waals surface area contributed by atoms with Crippen molar-refractivity contribution in [1.29, 1.82) is 5.26 Å². The van der Waals surface area contributed by atoms with E-state index < -0.39 is 35.6 Å². The summed E-state index contributed by atoms with van der Waals surface area (Å²) in [6.45, 7) is 1.12. The predicted octanol–water partition coefficient (Wildman–Crippen LogP) is 5.17. The lowest BCUT2D eigenvalue weighted by molar-refractivity contribution is -0.158. The fourth-order valence-electron chi connectivity index (χ4n) is 5.39. The van der Waals surface area contributed by atoms with E-state index in [-0.39, 0.29) is 11.3 Å². The molecule has 0 radical (unpaired) electrons. The molecule has 1 N–H and O–H groups in total. The molecule has 6 nitrogen and oxygen atoms in total. The highest BCUT2D eigenvalue weighted by Crippen LogP contribution is 2.58. The monoisotopic (exact) mass is 479 g/mol. The number of carboxylic acid groups (broad SMARTS) is 1. The van der Waals surface area contributed by atoms with Gasteiger partial charge in [-0.1, -0.05) is 72.8 Å². The lowest BCUT2D eigenvalue weighted by atomic mass is 9.52. The second-order valence-electron chi connectivity index (χ2n) is 9.06. The summed E-state index contributed by atoms with van der Waals surface area (Å²) in [7, 11) is 0. The minimum atomic E-state index is -0.951. The van der Waals surface area contributed by atoms with Crippen LogP contribution in [0.15, 0.2) is 84.9 Å². The van der Waals surface area contributed by atoms with Crippen molar-refractivity contribution in [3.63, 3.8) is 0 Å². The number of aliphatic carboxylic acids is 1. The Morgan fingerprint density at radius 2 is 1.56 bits per heavy atom. The van der Waals surface area contributed by atoms with Gasteiger partial charge in [-0.2, -0.15) is 5.26 Å². The number of hydrogen-bond donors (Lipinski definition) is 1. The van der Waals surface area contributed by atoms with Gasteiger partial charge in [0.05, 0.1) is 30.6 Å². The summed E-state index contributed by atoms with van der Waals surface area (Å²) in [5.41, 5.74) is 3.75. The molecule has 6 heteroatoms. The molecular formula is C30H25NO5. The molecule has 0 amide bonds. The zero-order valence-electron chi connectivity index (χ0n) is 19.5. The van der Waals surface area contributed by atoms with E-state index in [1.54, 1.807) is 12.1 Å². The van der Waals surface area contributed by atoms with Crippen LogP contribution in [0, 0.1) is 23.2 Å². The maximum atomic E-state index is 13.7. The molecule has 1 heterocycles. The van der Waals surface area contributed by atoms with Crippen LogP contribution in [0.5, 0.6) is 5.75 Å². The first-order valence-electron chi connectivity index (χ1n) is 11.9. The van der Waals surface area contributed by atoms with Crippen molar-refractivity contribution in [3.05, 3.63) is 107 Å². The van der Waals surface area contributed by atoms with Gasteiger partial charge in [0.2, 0.25) is 0 Å². The number of nitriles is 1. The van der Waals surface area contributed by atoms with E-state index >= 15 is 0 Å². The van der Waals surface area contributed by atoms with E-state index in [1.807, 2.05) is 72.8 Å². The van der Waals surface area contributed by atoms with E-state index in [0.717, 1.165) is 28.7 Å². The van der Waals surface area contributed by atoms with Crippen LogP contribution in [0.4, 0.5) is 0 Å². The highest BCUT2D eigenvalue weighted by Gasteiger charge is 2.59. The lowest BCUT2D eigenvalue weighted by Crippen LogP contribution is -2.52. The summed E-state index contributed by atoms with van der Waals surface area (Å²) in [6, 6.07) is 25.8. The smallest absolute Gasteiger partial charge is 0.315 e. The molecule has 180 valence electrons. The topological polar surface area (TPSA) is 96.6 Å². The SMILES string of the molecule is N#Cc1ccc(C2=CCOCC2)cc1OC(=O)C1[C@@H](c2ccccc2)C(C(=O)O)[C@@H]1c1ccccc1. The Morgan fingerprint density at radius 1 is 0.917 bits per heavy atom. The third-order valence-electron chi connectivity index (χ3n) is 7.12. The van der Waals surface area contributed by atoms with Gasteiger partial charge in [-0.05, 0) is 40.8 Å². The Morgan fingerprint density at radius 3 is 2.08 bits per heavy atom. The van der Waals surface area contributed by atoms with Crippen molar-refractivity contribution in [2.45, 2.75) is 18.3 Å². The van der Waals surface area contributed by atoms with Gasteiger partial charge in [0.15, 0.2) is 0 Å². The molecule has 1 fully saturated rings. The molecule has 36 heavy (non-hydrogen) atoms. The highest BCUT2D eigenvalue weighted by atomic mass is 16.5. The van der Waals surface area contributed by atoms with Gasteiger partial charge in [0.25, 0.3) is 0 Å². The molecule has 0 spiro atoms. The van der Waals surface area contributed by atoms with Gasteiger partial charge in [-0.3, -0.25) is 9.59 Å². The summed E-state index contributed by atoms with van der Waals surface area (Å²) >= 11 is 0. The second-order valence-corrected chi connectivity index (χ2v) is 9.06. The number of ether oxygens (including phenoxy) is 2. The van der Waals surface area contributed by atoms with Gasteiger partial charge in [0.1, 0.15) is 11.8 Å². The average molecular weight is 480 g/mol. The quantitative estimate of drug-likeness (QED) is 0.387. The van der Waals surface area contributed by atoms with Crippen LogP contribution in [0.25, 0.3) is 5.57 Å². The summed E-state index contributed by atoms with van der Waals surface area (Å²) in [5.74, 6) is -3.89. The zero-order chi connectivity index (χ0) is 25.1. The second kappa shape index (κ2) is 10.2. The Bertz CT molecular complexity index is 1300. The first-order chi connectivity index (χ1) is 17.6. The molecule has 1 aliphatic heterocycles. The van der Waals surface area contributed by atoms with Crippen LogP contribution in [0.3, 0.4) is 0 Å². The molecule has 0 aromatic heterocycles. The van der Waals surface area contributed by atoms with Crippen molar-refractivity contribution >= 4 is 17.5 Å². The van der Waals surface area contributed by atoms with Gasteiger partial charge >= 0.3 is 11.9 Å². The number of rotatable bonds is 6. The van der Waals surface area contributed by atoms with Crippen LogP contribution >= 0.6 is 0 Å². The predicted molar refractivity (Wildman–Crippen MR) is 133 cm³/mol. The molecular weight excluding hydrogens is 454 g/mol. The highest BCUT2D eigenvalue weighted by molar-refractivity contribution is 5.86. The maximum absolute atomic E-state index is 13.7. The fourth-order valence-corrected chi connectivity index (χ4v) is 5.39. The van der Waals surface area contributed by atoms with Crippen molar-refractivity contribution < 1.29 is 24.2 Å². The Kier molecular flexibility index (Phi) is 6.66. The number of carbonyl (C=O) groups is 2. The minimum Gasteiger partial charge on any atom is -0.481 e. The largest absolute Gasteiger partial charge is 0.481 e. The van der Waals surface area contributed by atoms with Crippen LogP contribution in [-0.4, -0.2) is 30.3 Å². The summed E-state index contributed by atoms with van der Waals surface area (Å²) in [6.07, 6.45) is 2.71. The first-order valence-corrected chi connectivity index (χ1v) is 11.9. The van der Waals surface area contributed by atoms with Gasteiger partial charge in [-0.15, -0.1) is 0 Å². The standard InChI is InChI=1S/C30H25NO5/c31-18-23-12-11-22(19-13-15-35-16-14-19)17-24(23)36-30(34)28-25(20-7-3-1-4-8-20)27(29(32)33)26(28)21-9-5-2-6-10-21/h1-13,17,25-28H,14-16H2,(H,32,33)/t25-,26-,27?,28?/m0/s1. The van der Waals surface area contributed by atoms with E-state index in [9.17, 15) is 20.0 Å². The molecule has 0 saturated heterocycles. The normalized spacial score (nSPS) is 23.0. The van der Waals surface area contributed by atoms with E-state index in [1.165, 1.54) is 0 Å². The number of nitrogens with zero attached hydrogens (tertiary/aromatic N) is 1. The number of carbonyl (C=O) groups excluding carboxylic acids is 1. The molecule has 1 aliphatic carbocycles. The van der Waals surface area contributed by atoms with Crippen LogP contribution in [0.1, 0.15) is 40.5 Å². The Balaban J connectivity index is 1.52. The molecule has 5 rings (SSSR count). The molecule has 2 aliphatic rings. The minimum absolute atomic E-state index is 0.185. The van der Waals surface area contributed by atoms with Crippen molar-refractivity contribution in [2.24, 2.45) is 11.8 Å². The van der Waals surface area contributed by atoms with Crippen molar-refractivity contribution in [3.8, 4) is 11.8 Å². The number of carboxylic acids is 1. The fraction of sp³-hybridized carbons (Fsp3) is 0.233. The molecule has 2 atom stereocenters. The Labute approximate surface area is 209 Å². The third-order valence-corrected chi connectivity index (χ3v) is 7.12. The van der Waals surface area contributed by atoms with Crippen LogP contribution < -0.4 is 4.74 Å². The van der Waals surface area contributed by atoms with E-state index in [2.05, 4.69) is 6.07 Å². The maximum Gasteiger partial charge on any atom is 0.315 e. The van der Waals surface area contributed by atoms with Gasteiger partial charge in [-0.25, -0.2) is 0 Å². The molecule has 1 saturated carbocycles. The van der Waals surface area contributed by atoms with Crippen molar-refractivity contribution in [1.82, 2.24) is 0 Å². The molecule has 3 aromatic carbocycles. The zero-order valence-corrected chi connectivity index (χ0v) is 19.5. The number of benzene rings is 3. The summed E-state index contributed by atoms with van der Waals surface area (Å²) < 4.78 is 11.3. The number of hydrogen-bond acceptors (Lipinski definition) is 5.